The molecule has 1 fully saturated rings. The molecule has 2 aromatic rings. The predicted octanol–water partition coefficient (Wildman–Crippen LogP) is 2.92. The third-order valence-corrected chi connectivity index (χ3v) is 6.10. The summed E-state index contributed by atoms with van der Waals surface area (Å²) in [4.78, 5) is 41.7. The highest BCUT2D eigenvalue weighted by Crippen LogP contribution is 2.26. The zero-order valence-electron chi connectivity index (χ0n) is 17.4. The van der Waals surface area contributed by atoms with Gasteiger partial charge in [-0.25, -0.2) is 9.78 Å². The molecular weight excluding hydrogens is 402 g/mol. The summed E-state index contributed by atoms with van der Waals surface area (Å²) in [6.07, 6.45) is 2.75. The molecular formula is C22H27N3O4S. The number of benzene rings is 1. The molecule has 1 aromatic heterocycles. The molecule has 0 bridgehead atoms. The van der Waals surface area contributed by atoms with Crippen molar-refractivity contribution in [3.8, 4) is 0 Å². The van der Waals surface area contributed by atoms with Crippen molar-refractivity contribution in [2.45, 2.75) is 50.2 Å². The summed E-state index contributed by atoms with van der Waals surface area (Å²) in [5.74, 6) is -0.813. The second-order valence-electron chi connectivity index (χ2n) is 7.52. The fraction of sp³-hybridized carbons (Fsp3) is 0.455. The van der Waals surface area contributed by atoms with Gasteiger partial charge in [0.05, 0.1) is 29.0 Å². The summed E-state index contributed by atoms with van der Waals surface area (Å²) in [6, 6.07) is 8.76. The van der Waals surface area contributed by atoms with Crippen LogP contribution in [-0.2, 0) is 14.3 Å². The molecule has 3 rings (SSSR count). The number of pyridine rings is 1. The lowest BCUT2D eigenvalue weighted by Crippen LogP contribution is -2.46. The van der Waals surface area contributed by atoms with Gasteiger partial charge in [0.15, 0.2) is 0 Å². The fourth-order valence-electron chi connectivity index (χ4n) is 3.05. The van der Waals surface area contributed by atoms with Crippen molar-refractivity contribution in [1.82, 2.24) is 15.6 Å². The van der Waals surface area contributed by atoms with Crippen molar-refractivity contribution in [2.24, 2.45) is 5.92 Å². The smallest absolute Gasteiger partial charge is 0.328 e. The Balaban J connectivity index is 1.72. The first-order valence-electron chi connectivity index (χ1n) is 10.1. The Labute approximate surface area is 180 Å². The molecule has 2 amide bonds. The van der Waals surface area contributed by atoms with Gasteiger partial charge in [0.25, 0.3) is 5.91 Å². The molecule has 0 saturated heterocycles. The largest absolute Gasteiger partial charge is 0.467 e. The number of para-hydroxylation sites is 1. The molecule has 0 radical (unpaired) electrons. The normalized spacial score (nSPS) is 15.3. The minimum atomic E-state index is -0.683. The minimum Gasteiger partial charge on any atom is -0.467 e. The molecule has 7 nitrogen and oxygen atoms in total. The molecule has 1 aromatic carbocycles. The number of fused-ring (bicyclic) bond motifs is 1. The van der Waals surface area contributed by atoms with E-state index in [-0.39, 0.29) is 29.5 Å². The van der Waals surface area contributed by atoms with Crippen LogP contribution in [0.3, 0.4) is 0 Å². The van der Waals surface area contributed by atoms with Crippen LogP contribution in [0.5, 0.6) is 0 Å². The van der Waals surface area contributed by atoms with E-state index in [1.807, 2.05) is 38.1 Å². The first-order valence-corrected chi connectivity index (χ1v) is 11.1. The highest BCUT2D eigenvalue weighted by molar-refractivity contribution is 7.99. The summed E-state index contributed by atoms with van der Waals surface area (Å²) in [5, 5.41) is 7.14. The number of carbonyl (C=O) groups excluding carboxylic acids is 3. The molecule has 0 spiro atoms. The Bertz CT molecular complexity index is 945. The second kappa shape index (κ2) is 9.93. The Morgan fingerprint density at radius 1 is 1.27 bits per heavy atom. The molecule has 8 heteroatoms. The third-order valence-electron chi connectivity index (χ3n) is 5.19. The average Bonchev–Trinajstić information content (AvgIpc) is 3.58. The summed E-state index contributed by atoms with van der Waals surface area (Å²) in [6.45, 7) is 3.85. The number of amides is 2. The van der Waals surface area contributed by atoms with Crippen molar-refractivity contribution in [2.75, 3.05) is 12.9 Å². The average molecular weight is 430 g/mol. The van der Waals surface area contributed by atoms with Crippen LogP contribution in [0.4, 0.5) is 0 Å². The summed E-state index contributed by atoms with van der Waals surface area (Å²) < 4.78 is 4.81. The lowest BCUT2D eigenvalue weighted by molar-refractivity contribution is -0.146. The molecule has 1 aliphatic carbocycles. The van der Waals surface area contributed by atoms with Crippen LogP contribution in [-0.4, -0.2) is 47.7 Å². The number of nitrogens with one attached hydrogen (secondary N) is 2. The van der Waals surface area contributed by atoms with Crippen molar-refractivity contribution in [3.63, 3.8) is 0 Å². The SMILES string of the molecule is CCC(C)C(NC(=O)CSc1cc(C(=O)NC2CC2)c2ccccc2n1)C(=O)OC. The Morgan fingerprint density at radius 2 is 2.00 bits per heavy atom. The van der Waals surface area contributed by atoms with E-state index >= 15 is 0 Å². The maximum Gasteiger partial charge on any atom is 0.328 e. The van der Waals surface area contributed by atoms with E-state index in [2.05, 4.69) is 15.6 Å². The number of carbonyl (C=O) groups is 3. The molecule has 160 valence electrons. The van der Waals surface area contributed by atoms with Gasteiger partial charge in [-0.3, -0.25) is 9.59 Å². The van der Waals surface area contributed by atoms with Gasteiger partial charge in [-0.2, -0.15) is 0 Å². The predicted molar refractivity (Wildman–Crippen MR) is 116 cm³/mol. The summed E-state index contributed by atoms with van der Waals surface area (Å²) in [7, 11) is 1.31. The number of aromatic nitrogens is 1. The second-order valence-corrected chi connectivity index (χ2v) is 8.51. The molecule has 30 heavy (non-hydrogen) atoms. The third kappa shape index (κ3) is 5.50. The highest BCUT2D eigenvalue weighted by Gasteiger charge is 2.27. The Morgan fingerprint density at radius 3 is 2.67 bits per heavy atom. The number of thioether (sulfide) groups is 1. The number of nitrogens with zero attached hydrogens (tertiary/aromatic N) is 1. The van der Waals surface area contributed by atoms with Gasteiger partial charge in [0, 0.05) is 11.4 Å². The van der Waals surface area contributed by atoms with E-state index in [4.69, 9.17) is 4.74 Å². The fourth-order valence-corrected chi connectivity index (χ4v) is 3.78. The molecule has 1 saturated carbocycles. The lowest BCUT2D eigenvalue weighted by atomic mass is 9.99. The van der Waals surface area contributed by atoms with E-state index in [9.17, 15) is 14.4 Å². The van der Waals surface area contributed by atoms with Crippen LogP contribution < -0.4 is 10.6 Å². The Hall–Kier alpha value is -2.61. The quantitative estimate of drug-likeness (QED) is 0.470. The van der Waals surface area contributed by atoms with Crippen LogP contribution in [0.2, 0.25) is 0 Å². The standard InChI is InChI=1S/C22H27N3O4S/c1-4-13(2)20(22(28)29-3)25-18(26)12-30-19-11-16(21(27)23-14-9-10-14)15-7-5-6-8-17(15)24-19/h5-8,11,13-14,20H,4,9-10,12H2,1-3H3,(H,23,27)(H,25,26). The Kier molecular flexibility index (Phi) is 7.31. The van der Waals surface area contributed by atoms with E-state index in [1.54, 1.807) is 6.07 Å². The van der Waals surface area contributed by atoms with Crippen molar-refractivity contribution in [1.29, 1.82) is 0 Å². The van der Waals surface area contributed by atoms with Crippen LogP contribution in [0.1, 0.15) is 43.5 Å². The maximum absolute atomic E-state index is 12.7. The van der Waals surface area contributed by atoms with Gasteiger partial charge in [-0.1, -0.05) is 50.2 Å². The van der Waals surface area contributed by atoms with E-state index in [1.165, 1.54) is 18.9 Å². The highest BCUT2D eigenvalue weighted by atomic mass is 32.2. The van der Waals surface area contributed by atoms with Gasteiger partial charge in [0.2, 0.25) is 5.91 Å². The van der Waals surface area contributed by atoms with Gasteiger partial charge < -0.3 is 15.4 Å². The van der Waals surface area contributed by atoms with Crippen LogP contribution in [0.25, 0.3) is 10.9 Å². The van der Waals surface area contributed by atoms with Crippen molar-refractivity contribution in [3.05, 3.63) is 35.9 Å². The van der Waals surface area contributed by atoms with E-state index in [0.29, 0.717) is 16.1 Å². The zero-order valence-corrected chi connectivity index (χ0v) is 18.3. The van der Waals surface area contributed by atoms with Crippen LogP contribution in [0.15, 0.2) is 35.4 Å². The molecule has 2 atom stereocenters. The summed E-state index contributed by atoms with van der Waals surface area (Å²) >= 11 is 1.23. The summed E-state index contributed by atoms with van der Waals surface area (Å²) in [5.41, 5.74) is 1.26. The number of methoxy groups -OCH3 is 1. The van der Waals surface area contributed by atoms with Crippen LogP contribution in [0, 0.1) is 5.92 Å². The number of esters is 1. The van der Waals surface area contributed by atoms with E-state index < -0.39 is 12.0 Å². The molecule has 1 aliphatic rings. The lowest BCUT2D eigenvalue weighted by Gasteiger charge is -2.21. The maximum atomic E-state index is 12.7. The van der Waals surface area contributed by atoms with Gasteiger partial charge in [-0.15, -0.1) is 0 Å². The van der Waals surface area contributed by atoms with E-state index in [0.717, 1.165) is 24.6 Å². The minimum absolute atomic E-state index is 0.0390. The number of hydrogen-bond acceptors (Lipinski definition) is 6. The zero-order chi connectivity index (χ0) is 21.7. The monoisotopic (exact) mass is 429 g/mol. The first-order chi connectivity index (χ1) is 14.4. The number of rotatable bonds is 9. The van der Waals surface area contributed by atoms with Gasteiger partial charge in [-0.05, 0) is 30.9 Å². The topological polar surface area (TPSA) is 97.4 Å². The number of hydrogen-bond donors (Lipinski definition) is 2. The molecule has 2 N–H and O–H groups in total. The first kappa shape index (κ1) is 22.1. The van der Waals surface area contributed by atoms with Gasteiger partial charge in [0.1, 0.15) is 6.04 Å². The van der Waals surface area contributed by atoms with Gasteiger partial charge >= 0.3 is 5.97 Å². The van der Waals surface area contributed by atoms with Crippen molar-refractivity contribution >= 4 is 40.4 Å². The molecule has 0 aliphatic heterocycles. The van der Waals surface area contributed by atoms with Crippen LogP contribution >= 0.6 is 11.8 Å². The van der Waals surface area contributed by atoms with Crippen molar-refractivity contribution < 1.29 is 19.1 Å². The molecule has 2 unspecified atom stereocenters. The number of ether oxygens (including phenoxy) is 1. The molecule has 1 heterocycles.